The van der Waals surface area contributed by atoms with E-state index < -0.39 is 11.9 Å². The molecule has 2 fully saturated rings. The molecule has 0 spiro atoms. The van der Waals surface area contributed by atoms with Crippen molar-refractivity contribution in [2.24, 2.45) is 17.8 Å². The molecule has 1 amide bonds. The van der Waals surface area contributed by atoms with Crippen LogP contribution in [0.2, 0.25) is 0 Å². The molecule has 2 aliphatic rings. The number of ether oxygens (including phenoxy) is 2. The summed E-state index contributed by atoms with van der Waals surface area (Å²) in [5.74, 6) is -0.116. The highest BCUT2D eigenvalue weighted by Crippen LogP contribution is 2.36. The van der Waals surface area contributed by atoms with Crippen LogP contribution in [-0.2, 0) is 25.6 Å². The Morgan fingerprint density at radius 3 is 2.65 bits per heavy atom. The minimum Gasteiger partial charge on any atom is -0.457 e. The Bertz CT molecular complexity index is 830. The number of carbonyl (C=O) groups is 3. The van der Waals surface area contributed by atoms with Gasteiger partial charge in [-0.05, 0) is 38.2 Å². The average Bonchev–Trinajstić information content (AvgIpc) is 3.26. The number of Topliss-reactive ketones (excluding diaryl/α,β-unsaturated/α-hetero) is 1. The summed E-state index contributed by atoms with van der Waals surface area (Å²) in [4.78, 5) is 39.8. The van der Waals surface area contributed by atoms with Gasteiger partial charge in [-0.1, -0.05) is 26.7 Å². The molecule has 0 N–H and O–H groups in total. The third-order valence-electron chi connectivity index (χ3n) is 7.29. The summed E-state index contributed by atoms with van der Waals surface area (Å²) in [6.45, 7) is 9.60. The van der Waals surface area contributed by atoms with Gasteiger partial charge in [0.25, 0.3) is 0 Å². The third-order valence-corrected chi connectivity index (χ3v) is 7.29. The van der Waals surface area contributed by atoms with Gasteiger partial charge >= 0.3 is 5.97 Å². The number of carbonyl (C=O) groups excluding carboxylic acids is 3. The number of nitrogens with zero attached hydrogens (tertiary/aromatic N) is 2. The summed E-state index contributed by atoms with van der Waals surface area (Å²) in [5, 5.41) is 0. The van der Waals surface area contributed by atoms with Gasteiger partial charge in [-0.2, -0.15) is 0 Å². The monoisotopic (exact) mass is 432 g/mol. The first-order valence-electron chi connectivity index (χ1n) is 11.4. The number of esters is 1. The second-order valence-electron chi connectivity index (χ2n) is 9.24. The van der Waals surface area contributed by atoms with E-state index in [-0.39, 0.29) is 30.8 Å². The predicted molar refractivity (Wildman–Crippen MR) is 117 cm³/mol. The molecule has 0 unspecified atom stereocenters. The second-order valence-corrected chi connectivity index (χ2v) is 9.24. The van der Waals surface area contributed by atoms with E-state index >= 15 is 0 Å². The summed E-state index contributed by atoms with van der Waals surface area (Å²) in [7, 11) is 1.64. The highest BCUT2D eigenvalue weighted by molar-refractivity contribution is 5.99. The predicted octanol–water partition coefficient (Wildman–Crippen LogP) is 3.15. The molecular weight excluding hydrogens is 396 g/mol. The van der Waals surface area contributed by atoms with Crippen LogP contribution in [-0.4, -0.2) is 60.0 Å². The van der Waals surface area contributed by atoms with Crippen LogP contribution in [0.4, 0.5) is 0 Å². The van der Waals surface area contributed by atoms with Crippen molar-refractivity contribution in [1.29, 1.82) is 0 Å². The molecule has 2 heterocycles. The number of amides is 1. The van der Waals surface area contributed by atoms with Gasteiger partial charge in [0.15, 0.2) is 6.61 Å². The highest BCUT2D eigenvalue weighted by Gasteiger charge is 2.42. The first-order valence-corrected chi connectivity index (χ1v) is 11.4. The van der Waals surface area contributed by atoms with Crippen LogP contribution < -0.4 is 0 Å². The lowest BCUT2D eigenvalue weighted by Gasteiger charge is -2.39. The van der Waals surface area contributed by atoms with E-state index in [2.05, 4.69) is 13.8 Å². The molecule has 1 saturated carbocycles. The summed E-state index contributed by atoms with van der Waals surface area (Å²) in [6, 6.07) is 2.03. The Labute approximate surface area is 185 Å². The van der Waals surface area contributed by atoms with Crippen molar-refractivity contribution in [2.75, 3.05) is 26.9 Å². The van der Waals surface area contributed by atoms with Crippen molar-refractivity contribution in [3.63, 3.8) is 0 Å². The Kier molecular flexibility index (Phi) is 7.57. The molecule has 1 aliphatic carbocycles. The molecule has 1 aromatic heterocycles. The SMILES string of the molecule is COCCn1c(C)cc(C(=O)COC(=O)[C@H]2CC(=O)N([C@@H]3CCC[C@H](C)[C@@H]3C)C2)c1C. The van der Waals surface area contributed by atoms with E-state index in [1.54, 1.807) is 7.11 Å². The van der Waals surface area contributed by atoms with E-state index in [1.165, 1.54) is 6.42 Å². The number of hydrogen-bond acceptors (Lipinski definition) is 5. The minimum atomic E-state index is -0.487. The lowest BCUT2D eigenvalue weighted by molar-refractivity contribution is -0.147. The van der Waals surface area contributed by atoms with E-state index in [1.807, 2.05) is 29.4 Å². The first kappa shape index (κ1) is 23.5. The van der Waals surface area contributed by atoms with E-state index in [0.717, 1.165) is 24.2 Å². The topological polar surface area (TPSA) is 77.8 Å². The molecule has 3 rings (SSSR count). The number of rotatable bonds is 8. The van der Waals surface area contributed by atoms with E-state index in [9.17, 15) is 14.4 Å². The molecule has 0 radical (unpaired) electrons. The van der Waals surface area contributed by atoms with Gasteiger partial charge in [0.05, 0.1) is 12.5 Å². The molecule has 1 saturated heterocycles. The Morgan fingerprint density at radius 2 is 1.94 bits per heavy atom. The van der Waals surface area contributed by atoms with Gasteiger partial charge in [-0.15, -0.1) is 0 Å². The van der Waals surface area contributed by atoms with Gasteiger partial charge in [0.1, 0.15) is 0 Å². The summed E-state index contributed by atoms with van der Waals surface area (Å²) in [5.41, 5.74) is 2.38. The molecule has 7 heteroatoms. The first-order chi connectivity index (χ1) is 14.7. The smallest absolute Gasteiger partial charge is 0.311 e. The number of hydrogen-bond donors (Lipinski definition) is 0. The summed E-state index contributed by atoms with van der Waals surface area (Å²) >= 11 is 0. The molecule has 172 valence electrons. The zero-order valence-electron chi connectivity index (χ0n) is 19.5. The third kappa shape index (κ3) is 5.03. The van der Waals surface area contributed by atoms with Crippen molar-refractivity contribution in [3.8, 4) is 0 Å². The molecule has 0 aromatic carbocycles. The van der Waals surface area contributed by atoms with Crippen LogP contribution in [0.5, 0.6) is 0 Å². The van der Waals surface area contributed by atoms with Gasteiger partial charge in [0.2, 0.25) is 11.7 Å². The number of aromatic nitrogens is 1. The van der Waals surface area contributed by atoms with Gasteiger partial charge in [-0.3, -0.25) is 14.4 Å². The van der Waals surface area contributed by atoms with E-state index in [0.29, 0.717) is 37.1 Å². The van der Waals surface area contributed by atoms with Crippen LogP contribution in [0.1, 0.15) is 61.3 Å². The fourth-order valence-electron chi connectivity index (χ4n) is 5.15. The molecule has 0 bridgehead atoms. The maximum absolute atomic E-state index is 12.7. The van der Waals surface area contributed by atoms with E-state index in [4.69, 9.17) is 9.47 Å². The van der Waals surface area contributed by atoms with Gasteiger partial charge in [0, 0.05) is 49.6 Å². The molecule has 1 aromatic rings. The molecule has 1 aliphatic heterocycles. The standard InChI is InChI=1S/C24H36N2O5/c1-15-7-6-8-21(17(15)3)26-13-19(12-23(26)28)24(29)31-14-22(27)20-11-16(2)25(18(20)4)9-10-30-5/h11,15,17,19,21H,6-10,12-14H2,1-5H3/t15-,17-,19-,21+/m0/s1. The van der Waals surface area contributed by atoms with Crippen LogP contribution in [0.25, 0.3) is 0 Å². The molecule has 4 atom stereocenters. The lowest BCUT2D eigenvalue weighted by Crippen LogP contribution is -2.45. The maximum Gasteiger partial charge on any atom is 0.311 e. The van der Waals surface area contributed by atoms with Crippen LogP contribution in [0.3, 0.4) is 0 Å². The number of likely N-dealkylation sites (tertiary alicyclic amines) is 1. The highest BCUT2D eigenvalue weighted by atomic mass is 16.5. The zero-order chi connectivity index (χ0) is 22.7. The molecule has 7 nitrogen and oxygen atoms in total. The van der Waals surface area contributed by atoms with Crippen LogP contribution >= 0.6 is 0 Å². The lowest BCUT2D eigenvalue weighted by atomic mass is 9.77. The quantitative estimate of drug-likeness (QED) is 0.466. The summed E-state index contributed by atoms with van der Waals surface area (Å²) in [6.07, 6.45) is 3.48. The second kappa shape index (κ2) is 9.98. The van der Waals surface area contributed by atoms with Gasteiger partial charge in [-0.25, -0.2) is 0 Å². The summed E-state index contributed by atoms with van der Waals surface area (Å²) < 4.78 is 12.5. The average molecular weight is 433 g/mol. The Hall–Kier alpha value is -2.15. The normalized spacial score (nSPS) is 26.4. The van der Waals surface area contributed by atoms with Crippen molar-refractivity contribution in [1.82, 2.24) is 9.47 Å². The number of methoxy groups -OCH3 is 1. The van der Waals surface area contributed by atoms with Crippen molar-refractivity contribution in [2.45, 2.75) is 66.0 Å². The molecule has 31 heavy (non-hydrogen) atoms. The number of ketones is 1. The Balaban J connectivity index is 1.56. The van der Waals surface area contributed by atoms with Crippen molar-refractivity contribution >= 4 is 17.7 Å². The maximum atomic E-state index is 12.7. The van der Waals surface area contributed by atoms with Crippen molar-refractivity contribution in [3.05, 3.63) is 23.0 Å². The largest absolute Gasteiger partial charge is 0.457 e. The number of aryl methyl sites for hydroxylation is 1. The van der Waals surface area contributed by atoms with Crippen LogP contribution in [0.15, 0.2) is 6.07 Å². The fraction of sp³-hybridized carbons (Fsp3) is 0.708. The van der Waals surface area contributed by atoms with Crippen molar-refractivity contribution < 1.29 is 23.9 Å². The van der Waals surface area contributed by atoms with Gasteiger partial charge < -0.3 is 18.9 Å². The minimum absolute atomic E-state index is 0.0286. The molecular formula is C24H36N2O5. The Morgan fingerprint density at radius 1 is 1.19 bits per heavy atom. The fourth-order valence-corrected chi connectivity index (χ4v) is 5.15. The zero-order valence-corrected chi connectivity index (χ0v) is 19.5. The van der Waals surface area contributed by atoms with Crippen LogP contribution in [0, 0.1) is 31.6 Å².